The van der Waals surface area contributed by atoms with Gasteiger partial charge in [0.2, 0.25) is 0 Å². The summed E-state index contributed by atoms with van der Waals surface area (Å²) in [5.41, 5.74) is 1.42. The highest BCUT2D eigenvalue weighted by molar-refractivity contribution is 7.78. The summed E-state index contributed by atoms with van der Waals surface area (Å²) in [5.74, 6) is -3.39. The van der Waals surface area contributed by atoms with Crippen LogP contribution in [0.5, 0.6) is 0 Å². The highest BCUT2D eigenvalue weighted by atomic mass is 32.1. The average molecular weight is 381 g/mol. The van der Waals surface area contributed by atoms with Crippen molar-refractivity contribution in [1.29, 1.82) is 0 Å². The summed E-state index contributed by atoms with van der Waals surface area (Å²) >= 11 is 4.53. The van der Waals surface area contributed by atoms with Gasteiger partial charge in [0.1, 0.15) is 0 Å². The van der Waals surface area contributed by atoms with E-state index < -0.39 is 37.0 Å². The minimum absolute atomic E-state index is 0.118. The minimum Gasteiger partial charge on any atom is -0.480 e. The molecule has 0 aliphatic rings. The van der Waals surface area contributed by atoms with Gasteiger partial charge in [-0.1, -0.05) is 12.1 Å². The summed E-state index contributed by atoms with van der Waals surface area (Å²) in [5, 5.41) is 31.8. The number of carboxylic acid groups (broad SMARTS) is 3. The number of thiocarbonyl (C=S) groups is 1. The molecule has 1 aromatic rings. The van der Waals surface area contributed by atoms with Gasteiger partial charge in [-0.05, 0) is 36.3 Å². The third-order valence-electron chi connectivity index (χ3n) is 3.43. The van der Waals surface area contributed by atoms with E-state index in [0.29, 0.717) is 12.1 Å². The maximum absolute atomic E-state index is 11.1. The average Bonchev–Trinajstić information content (AvgIpc) is 2.54. The fraction of sp³-hybridized carbons (Fsp3) is 0.375. The van der Waals surface area contributed by atoms with Gasteiger partial charge < -0.3 is 20.6 Å². The Balaban J connectivity index is 2.95. The molecule has 140 valence electrons. The topological polar surface area (TPSA) is 140 Å². The zero-order valence-corrected chi connectivity index (χ0v) is 14.6. The molecule has 0 saturated carbocycles. The second kappa shape index (κ2) is 11.1. The molecule has 0 aromatic heterocycles. The van der Waals surface area contributed by atoms with E-state index in [1.165, 1.54) is 4.90 Å². The van der Waals surface area contributed by atoms with Gasteiger partial charge in [0, 0.05) is 12.6 Å². The first kappa shape index (κ1) is 21.4. The van der Waals surface area contributed by atoms with Gasteiger partial charge in [-0.2, -0.15) is 4.99 Å². The van der Waals surface area contributed by atoms with Crippen molar-refractivity contribution in [2.75, 3.05) is 26.2 Å². The van der Waals surface area contributed by atoms with Gasteiger partial charge in [-0.15, -0.1) is 0 Å². The smallest absolute Gasteiger partial charge is 0.317 e. The Labute approximate surface area is 155 Å². The Bertz CT molecular complexity index is 672. The molecule has 1 aromatic carbocycles. The Hall–Kier alpha value is -2.65. The highest BCUT2D eigenvalue weighted by Crippen LogP contribution is 2.15. The van der Waals surface area contributed by atoms with Crippen LogP contribution in [0.4, 0.5) is 5.69 Å². The maximum atomic E-state index is 11.1. The fourth-order valence-electron chi connectivity index (χ4n) is 2.37. The van der Waals surface area contributed by atoms with Crippen molar-refractivity contribution in [2.45, 2.75) is 12.5 Å². The van der Waals surface area contributed by atoms with Crippen LogP contribution in [0.25, 0.3) is 0 Å². The molecule has 0 amide bonds. The zero-order chi connectivity index (χ0) is 19.5. The van der Waals surface area contributed by atoms with Gasteiger partial charge in [0.05, 0.1) is 30.5 Å². The van der Waals surface area contributed by atoms with Gasteiger partial charge in [-0.3, -0.25) is 19.3 Å². The van der Waals surface area contributed by atoms with Crippen molar-refractivity contribution in [3.05, 3.63) is 29.8 Å². The first-order valence-electron chi connectivity index (χ1n) is 7.58. The number of hydrogen-bond acceptors (Lipinski definition) is 7. The van der Waals surface area contributed by atoms with Crippen molar-refractivity contribution in [3.8, 4) is 0 Å². The molecule has 0 aliphatic heterocycles. The lowest BCUT2D eigenvalue weighted by Crippen LogP contribution is -2.48. The number of rotatable bonds is 12. The summed E-state index contributed by atoms with van der Waals surface area (Å²) in [6, 6.07) is 6.40. The highest BCUT2D eigenvalue weighted by Gasteiger charge is 2.23. The third-order valence-corrected chi connectivity index (χ3v) is 3.52. The molecule has 0 heterocycles. The lowest BCUT2D eigenvalue weighted by atomic mass is 10.0. The summed E-state index contributed by atoms with van der Waals surface area (Å²) in [6.07, 6.45) is 0.328. The van der Waals surface area contributed by atoms with Gasteiger partial charge >= 0.3 is 17.9 Å². The Kier molecular flexibility index (Phi) is 9.10. The summed E-state index contributed by atoms with van der Waals surface area (Å²) in [6.45, 7) is -1.14. The van der Waals surface area contributed by atoms with Crippen LogP contribution in [0.2, 0.25) is 0 Å². The van der Waals surface area contributed by atoms with Gasteiger partial charge in [-0.25, -0.2) is 0 Å². The van der Waals surface area contributed by atoms with E-state index in [1.54, 1.807) is 24.3 Å². The van der Waals surface area contributed by atoms with Crippen molar-refractivity contribution >= 4 is 41.0 Å². The number of carboxylic acids is 3. The van der Waals surface area contributed by atoms with Crippen LogP contribution in [0, 0.1) is 0 Å². The first-order chi connectivity index (χ1) is 12.3. The standard InChI is InChI=1S/C16H19N3O6S/c20-14(21)7-17-6-13(19(8-15(22)23)9-16(24)25)5-11-1-3-12(4-2-11)18-10-26/h1-4,13,17H,5-9H2,(H,20,21)(H,22,23)(H,24,25). The number of nitrogens with zero attached hydrogens (tertiary/aromatic N) is 2. The Morgan fingerprint density at radius 3 is 2.12 bits per heavy atom. The van der Waals surface area contributed by atoms with Crippen LogP contribution in [0.1, 0.15) is 5.56 Å². The van der Waals surface area contributed by atoms with Crippen molar-refractivity contribution in [2.24, 2.45) is 4.99 Å². The van der Waals surface area contributed by atoms with E-state index in [-0.39, 0.29) is 13.1 Å². The van der Waals surface area contributed by atoms with Crippen LogP contribution in [0.3, 0.4) is 0 Å². The molecular formula is C16H19N3O6S. The SMILES string of the molecule is O=C(O)CNCC(Cc1ccc(N=C=S)cc1)N(CC(=O)O)CC(=O)O. The maximum Gasteiger partial charge on any atom is 0.317 e. The molecule has 1 rings (SSSR count). The predicted octanol–water partition coefficient (Wildman–Crippen LogP) is 0.477. The monoisotopic (exact) mass is 381 g/mol. The number of benzene rings is 1. The number of isothiocyanates is 1. The van der Waals surface area contributed by atoms with Crippen molar-refractivity contribution in [1.82, 2.24) is 10.2 Å². The molecule has 0 radical (unpaired) electrons. The molecular weight excluding hydrogens is 362 g/mol. The summed E-state index contributed by atoms with van der Waals surface area (Å²) < 4.78 is 0. The Morgan fingerprint density at radius 1 is 1.08 bits per heavy atom. The zero-order valence-electron chi connectivity index (χ0n) is 13.8. The molecule has 4 N–H and O–H groups in total. The number of carbonyl (C=O) groups is 3. The predicted molar refractivity (Wildman–Crippen MR) is 96.0 cm³/mol. The third kappa shape index (κ3) is 8.45. The van der Waals surface area contributed by atoms with Gasteiger partial charge in [0.15, 0.2) is 0 Å². The largest absolute Gasteiger partial charge is 0.480 e. The van der Waals surface area contributed by atoms with Crippen LogP contribution < -0.4 is 5.32 Å². The van der Waals surface area contributed by atoms with E-state index in [0.717, 1.165) is 5.56 Å². The number of aliphatic imine (C=N–C) groups is 1. The first-order valence-corrected chi connectivity index (χ1v) is 7.99. The van der Waals surface area contributed by atoms with E-state index in [4.69, 9.17) is 15.3 Å². The second-order valence-corrected chi connectivity index (χ2v) is 5.63. The molecule has 0 fully saturated rings. The number of nitrogens with one attached hydrogen (secondary N) is 1. The molecule has 0 bridgehead atoms. The van der Waals surface area contributed by atoms with Crippen LogP contribution in [-0.4, -0.2) is 75.5 Å². The van der Waals surface area contributed by atoms with Crippen molar-refractivity contribution < 1.29 is 29.7 Å². The Morgan fingerprint density at radius 2 is 1.65 bits per heavy atom. The molecule has 1 unspecified atom stereocenters. The summed E-state index contributed by atoms with van der Waals surface area (Å²) in [4.78, 5) is 37.9. The molecule has 10 heteroatoms. The van der Waals surface area contributed by atoms with Crippen LogP contribution >= 0.6 is 12.2 Å². The van der Waals surface area contributed by atoms with Gasteiger partial charge in [0.25, 0.3) is 0 Å². The molecule has 0 aliphatic carbocycles. The lowest BCUT2D eigenvalue weighted by Gasteiger charge is -2.29. The molecule has 9 nitrogen and oxygen atoms in total. The molecule has 26 heavy (non-hydrogen) atoms. The van der Waals surface area contributed by atoms with E-state index >= 15 is 0 Å². The van der Waals surface area contributed by atoms with E-state index in [1.807, 2.05) is 0 Å². The minimum atomic E-state index is -1.17. The molecule has 1 atom stereocenters. The molecule has 0 saturated heterocycles. The van der Waals surface area contributed by atoms with Crippen molar-refractivity contribution in [3.63, 3.8) is 0 Å². The quantitative estimate of drug-likeness (QED) is 0.300. The van der Waals surface area contributed by atoms with Crippen LogP contribution in [0.15, 0.2) is 29.3 Å². The lowest BCUT2D eigenvalue weighted by molar-refractivity contribution is -0.143. The van der Waals surface area contributed by atoms with E-state index in [9.17, 15) is 14.4 Å². The second-order valence-electron chi connectivity index (χ2n) is 5.44. The van der Waals surface area contributed by atoms with E-state index in [2.05, 4.69) is 27.7 Å². The summed E-state index contributed by atoms with van der Waals surface area (Å²) in [7, 11) is 0. The van der Waals surface area contributed by atoms with Crippen LogP contribution in [-0.2, 0) is 20.8 Å². The molecule has 0 spiro atoms. The number of hydrogen-bond donors (Lipinski definition) is 4. The normalized spacial score (nSPS) is 11.6. The number of aliphatic carboxylic acids is 3. The fourth-order valence-corrected chi connectivity index (χ4v) is 2.47.